The number of nitrogens with two attached hydrogens (primary N) is 1. The van der Waals surface area contributed by atoms with Gasteiger partial charge in [-0.2, -0.15) is 0 Å². The molecule has 0 aromatic rings. The highest BCUT2D eigenvalue weighted by Crippen LogP contribution is 2.14. The maximum atomic E-state index is 11.9. The van der Waals surface area contributed by atoms with E-state index in [1.807, 2.05) is 13.8 Å². The first-order valence-electron chi connectivity index (χ1n) is 7.43. The van der Waals surface area contributed by atoms with Crippen LogP contribution in [0.2, 0.25) is 0 Å². The van der Waals surface area contributed by atoms with Gasteiger partial charge in [-0.05, 0) is 25.7 Å². The Hall–Kier alpha value is -2.12. The van der Waals surface area contributed by atoms with Gasteiger partial charge in [0.2, 0.25) is 11.8 Å². The Labute approximate surface area is 129 Å². The number of imide groups is 1. The van der Waals surface area contributed by atoms with Crippen LogP contribution in [0.15, 0.2) is 0 Å². The van der Waals surface area contributed by atoms with E-state index >= 15 is 0 Å². The summed E-state index contributed by atoms with van der Waals surface area (Å²) in [6.45, 7) is 5.81. The Balaban J connectivity index is 2.49. The first-order chi connectivity index (χ1) is 10.2. The van der Waals surface area contributed by atoms with Crippen molar-refractivity contribution in [1.82, 2.24) is 15.5 Å². The zero-order valence-electron chi connectivity index (χ0n) is 13.2. The number of primary amides is 1. The molecule has 8 heteroatoms. The monoisotopic (exact) mass is 312 g/mol. The lowest BCUT2D eigenvalue weighted by molar-refractivity contribution is -0.134. The lowest BCUT2D eigenvalue weighted by Crippen LogP contribution is -2.48. The van der Waals surface area contributed by atoms with Gasteiger partial charge in [0.15, 0.2) is 0 Å². The number of rotatable bonds is 8. The second kappa shape index (κ2) is 7.77. The van der Waals surface area contributed by atoms with E-state index in [-0.39, 0.29) is 18.2 Å². The van der Waals surface area contributed by atoms with Crippen LogP contribution in [0.25, 0.3) is 0 Å². The van der Waals surface area contributed by atoms with E-state index in [1.54, 1.807) is 6.92 Å². The average Bonchev–Trinajstić information content (AvgIpc) is 2.63. The third kappa shape index (κ3) is 4.71. The van der Waals surface area contributed by atoms with Crippen LogP contribution in [0.5, 0.6) is 0 Å². The van der Waals surface area contributed by atoms with Crippen LogP contribution >= 0.6 is 0 Å². The summed E-state index contributed by atoms with van der Waals surface area (Å²) >= 11 is 0. The minimum absolute atomic E-state index is 0.0609. The average molecular weight is 312 g/mol. The molecule has 1 aliphatic rings. The van der Waals surface area contributed by atoms with Gasteiger partial charge in [0.25, 0.3) is 5.91 Å². The van der Waals surface area contributed by atoms with Crippen LogP contribution in [0.4, 0.5) is 4.79 Å². The van der Waals surface area contributed by atoms with Crippen molar-refractivity contribution in [2.24, 2.45) is 11.7 Å². The largest absolute Gasteiger partial charge is 0.368 e. The summed E-state index contributed by atoms with van der Waals surface area (Å²) in [4.78, 5) is 47.5. The number of nitrogens with zero attached hydrogens (tertiary/aromatic N) is 1. The molecule has 0 bridgehead atoms. The Bertz CT molecular complexity index is 464. The fourth-order valence-corrected chi connectivity index (χ4v) is 2.29. The van der Waals surface area contributed by atoms with E-state index in [0.717, 1.165) is 4.90 Å². The number of hydrogen-bond acceptors (Lipinski definition) is 4. The van der Waals surface area contributed by atoms with Gasteiger partial charge in [-0.1, -0.05) is 13.8 Å². The molecule has 8 nitrogen and oxygen atoms in total. The van der Waals surface area contributed by atoms with E-state index in [2.05, 4.69) is 10.6 Å². The molecule has 0 spiro atoms. The van der Waals surface area contributed by atoms with Gasteiger partial charge < -0.3 is 16.4 Å². The highest BCUT2D eigenvalue weighted by molar-refractivity contribution is 6.07. The molecular weight excluding hydrogens is 288 g/mol. The normalized spacial score (nSPS) is 19.3. The number of hydrogen-bond donors (Lipinski definition) is 3. The fraction of sp³-hybridized carbons (Fsp3) is 0.714. The van der Waals surface area contributed by atoms with Crippen molar-refractivity contribution in [3.8, 4) is 0 Å². The molecule has 1 rings (SSSR count). The molecular formula is C14H24N4O4. The molecule has 22 heavy (non-hydrogen) atoms. The summed E-state index contributed by atoms with van der Waals surface area (Å²) < 4.78 is 0. The fourth-order valence-electron chi connectivity index (χ4n) is 2.29. The quantitative estimate of drug-likeness (QED) is 0.421. The van der Waals surface area contributed by atoms with Crippen molar-refractivity contribution >= 4 is 23.8 Å². The molecule has 124 valence electrons. The standard InChI is InChI=1S/C14H24N4O4/c1-8(2)7-11(19)16-6-4-5-10(12(15)20)18-13(21)9(3)17-14(18)22/h8-10H,4-7H2,1-3H3,(H2,15,20)(H,16,19)(H,17,22). The maximum absolute atomic E-state index is 11.9. The summed E-state index contributed by atoms with van der Waals surface area (Å²) in [6, 6.07) is -2.25. The lowest BCUT2D eigenvalue weighted by Gasteiger charge is -2.22. The summed E-state index contributed by atoms with van der Waals surface area (Å²) in [5.74, 6) is -0.983. The highest BCUT2D eigenvalue weighted by Gasteiger charge is 2.41. The van der Waals surface area contributed by atoms with Crippen LogP contribution in [0.3, 0.4) is 0 Å². The van der Waals surface area contributed by atoms with Crippen molar-refractivity contribution < 1.29 is 19.2 Å². The molecule has 0 saturated carbocycles. The molecule has 1 saturated heterocycles. The van der Waals surface area contributed by atoms with Crippen LogP contribution in [-0.4, -0.2) is 47.3 Å². The molecule has 5 amide bonds. The first-order valence-corrected chi connectivity index (χ1v) is 7.43. The zero-order chi connectivity index (χ0) is 16.9. The molecule has 1 heterocycles. The van der Waals surface area contributed by atoms with Crippen LogP contribution in [0, 0.1) is 5.92 Å². The van der Waals surface area contributed by atoms with Crippen molar-refractivity contribution in [2.45, 2.75) is 52.1 Å². The molecule has 1 fully saturated rings. The van der Waals surface area contributed by atoms with Gasteiger partial charge in [-0.25, -0.2) is 9.69 Å². The summed E-state index contributed by atoms with van der Waals surface area (Å²) in [7, 11) is 0. The van der Waals surface area contributed by atoms with E-state index in [0.29, 0.717) is 19.4 Å². The molecule has 0 aliphatic carbocycles. The van der Waals surface area contributed by atoms with Crippen molar-refractivity contribution in [1.29, 1.82) is 0 Å². The van der Waals surface area contributed by atoms with Gasteiger partial charge in [0, 0.05) is 13.0 Å². The number of carbonyl (C=O) groups excluding carboxylic acids is 4. The highest BCUT2D eigenvalue weighted by atomic mass is 16.2. The summed E-state index contributed by atoms with van der Waals surface area (Å²) in [5, 5.41) is 5.18. The van der Waals surface area contributed by atoms with E-state index < -0.39 is 29.9 Å². The topological polar surface area (TPSA) is 122 Å². The molecule has 2 unspecified atom stereocenters. The Morgan fingerprint density at radius 2 is 2.00 bits per heavy atom. The van der Waals surface area contributed by atoms with Gasteiger partial charge in [0.05, 0.1) is 0 Å². The Kier molecular flexibility index (Phi) is 6.33. The number of nitrogens with one attached hydrogen (secondary N) is 2. The predicted octanol–water partition coefficient (Wildman–Crippen LogP) is -0.277. The van der Waals surface area contributed by atoms with E-state index in [4.69, 9.17) is 5.73 Å². The van der Waals surface area contributed by atoms with Crippen LogP contribution in [-0.2, 0) is 14.4 Å². The SMILES string of the molecule is CC(C)CC(=O)NCCCC(C(N)=O)N1C(=O)NC(C)C1=O. The zero-order valence-corrected chi connectivity index (χ0v) is 13.2. The summed E-state index contributed by atoms with van der Waals surface area (Å²) in [5.41, 5.74) is 5.29. The van der Waals surface area contributed by atoms with Crippen molar-refractivity contribution in [2.75, 3.05) is 6.54 Å². The summed E-state index contributed by atoms with van der Waals surface area (Å²) in [6.07, 6.45) is 1.11. The van der Waals surface area contributed by atoms with Crippen LogP contribution in [0.1, 0.15) is 40.0 Å². The minimum atomic E-state index is -0.987. The molecule has 2 atom stereocenters. The molecule has 0 aromatic carbocycles. The van der Waals surface area contributed by atoms with Crippen LogP contribution < -0.4 is 16.4 Å². The third-order valence-electron chi connectivity index (χ3n) is 3.38. The van der Waals surface area contributed by atoms with Gasteiger partial charge in [0.1, 0.15) is 12.1 Å². The van der Waals surface area contributed by atoms with E-state index in [9.17, 15) is 19.2 Å². The molecule has 0 aromatic heterocycles. The number of carbonyl (C=O) groups is 4. The predicted molar refractivity (Wildman–Crippen MR) is 79.5 cm³/mol. The minimum Gasteiger partial charge on any atom is -0.368 e. The number of amides is 5. The van der Waals surface area contributed by atoms with Gasteiger partial charge in [-0.3, -0.25) is 14.4 Å². The first kappa shape index (κ1) is 17.9. The smallest absolute Gasteiger partial charge is 0.325 e. The third-order valence-corrected chi connectivity index (χ3v) is 3.38. The van der Waals surface area contributed by atoms with Gasteiger partial charge >= 0.3 is 6.03 Å². The second-order valence-corrected chi connectivity index (χ2v) is 5.89. The molecule has 0 radical (unpaired) electrons. The van der Waals surface area contributed by atoms with Gasteiger partial charge in [-0.15, -0.1) is 0 Å². The van der Waals surface area contributed by atoms with E-state index in [1.165, 1.54) is 0 Å². The lowest BCUT2D eigenvalue weighted by atomic mass is 10.1. The van der Waals surface area contributed by atoms with Crippen molar-refractivity contribution in [3.63, 3.8) is 0 Å². The molecule has 1 aliphatic heterocycles. The maximum Gasteiger partial charge on any atom is 0.325 e. The van der Waals surface area contributed by atoms with Crippen molar-refractivity contribution in [3.05, 3.63) is 0 Å². The second-order valence-electron chi connectivity index (χ2n) is 5.89. The Morgan fingerprint density at radius 3 is 2.45 bits per heavy atom. The molecule has 4 N–H and O–H groups in total. The Morgan fingerprint density at radius 1 is 1.36 bits per heavy atom. The number of urea groups is 1.